The Hall–Kier alpha value is -2.07. The van der Waals surface area contributed by atoms with Crippen molar-refractivity contribution in [2.24, 2.45) is 11.8 Å². The highest BCUT2D eigenvalue weighted by Crippen LogP contribution is 2.36. The van der Waals surface area contributed by atoms with Crippen molar-refractivity contribution in [2.45, 2.75) is 63.1 Å². The lowest BCUT2D eigenvalue weighted by Gasteiger charge is -2.31. The van der Waals surface area contributed by atoms with Crippen LogP contribution in [0, 0.1) is 29.0 Å². The van der Waals surface area contributed by atoms with E-state index in [9.17, 15) is 14.4 Å². The topological polar surface area (TPSA) is 65.4 Å². The molecule has 0 amide bonds. The van der Waals surface area contributed by atoms with E-state index < -0.39 is 5.92 Å². The number of halogens is 1. The predicted molar refractivity (Wildman–Crippen MR) is 120 cm³/mol. The first-order chi connectivity index (χ1) is 15.6. The van der Waals surface area contributed by atoms with Crippen LogP contribution in [0.25, 0.3) is 5.57 Å². The number of fused-ring (bicyclic) bond motifs is 2. The molecule has 1 saturated carbocycles. The second kappa shape index (κ2) is 9.43. The standard InChI is InChI=1S/C26H32FN3O2/c27-24-14-19(18-5-8-30(9-6-18)23-7-10-32-16-23)1-2-20(24)11-17(15-28)12-25(31)26-21-3-4-22(13-21)29-26/h1-2,5,14,17,21-23,26,29H,3-4,6-13,16H2/t17-,21+,22-,23?,26+/m1/s1. The van der Waals surface area contributed by atoms with Gasteiger partial charge in [-0.05, 0) is 67.2 Å². The number of benzene rings is 1. The molecule has 0 radical (unpaired) electrons. The van der Waals surface area contributed by atoms with Crippen LogP contribution in [-0.2, 0) is 16.0 Å². The zero-order valence-electron chi connectivity index (χ0n) is 18.6. The van der Waals surface area contributed by atoms with Crippen LogP contribution < -0.4 is 5.32 Å². The number of piperidine rings is 1. The van der Waals surface area contributed by atoms with Crippen LogP contribution in [0.1, 0.15) is 49.7 Å². The molecule has 6 heteroatoms. The number of Topliss-reactive ketones (excluding diaryl/α,β-unsaturated/α-hetero) is 1. The number of nitrogens with one attached hydrogen (secondary N) is 1. The Balaban J connectivity index is 1.19. The maximum Gasteiger partial charge on any atom is 0.151 e. The zero-order valence-corrected chi connectivity index (χ0v) is 18.6. The molecule has 3 heterocycles. The minimum Gasteiger partial charge on any atom is -0.380 e. The lowest BCUT2D eigenvalue weighted by molar-refractivity contribution is -0.122. The van der Waals surface area contributed by atoms with Gasteiger partial charge < -0.3 is 10.1 Å². The van der Waals surface area contributed by atoms with Crippen molar-refractivity contribution in [3.05, 3.63) is 41.2 Å². The lowest BCUT2D eigenvalue weighted by Crippen LogP contribution is -2.42. The molecule has 1 unspecified atom stereocenters. The molecule has 2 saturated heterocycles. The summed E-state index contributed by atoms with van der Waals surface area (Å²) in [6, 6.07) is 8.47. The van der Waals surface area contributed by atoms with Gasteiger partial charge in [0.2, 0.25) is 0 Å². The van der Waals surface area contributed by atoms with Gasteiger partial charge in [0.05, 0.1) is 24.6 Å². The van der Waals surface area contributed by atoms with Crippen molar-refractivity contribution in [1.29, 1.82) is 5.26 Å². The van der Waals surface area contributed by atoms with E-state index >= 15 is 0 Å². The van der Waals surface area contributed by atoms with Crippen LogP contribution >= 0.6 is 0 Å². The summed E-state index contributed by atoms with van der Waals surface area (Å²) in [7, 11) is 0. The number of nitrogens with zero attached hydrogens (tertiary/aromatic N) is 2. The molecule has 0 spiro atoms. The number of rotatable bonds is 7. The highest BCUT2D eigenvalue weighted by atomic mass is 19.1. The fourth-order valence-corrected chi connectivity index (χ4v) is 6.02. The molecule has 2 bridgehead atoms. The van der Waals surface area contributed by atoms with E-state index in [-0.39, 0.29) is 30.5 Å². The first kappa shape index (κ1) is 21.8. The molecule has 1 aliphatic carbocycles. The smallest absolute Gasteiger partial charge is 0.151 e. The third kappa shape index (κ3) is 4.52. The molecule has 1 aromatic carbocycles. The summed E-state index contributed by atoms with van der Waals surface area (Å²) in [5.41, 5.74) is 2.62. The van der Waals surface area contributed by atoms with Gasteiger partial charge >= 0.3 is 0 Å². The number of ketones is 1. The summed E-state index contributed by atoms with van der Waals surface area (Å²) in [5, 5.41) is 13.0. The average Bonchev–Trinajstić information content (AvgIpc) is 3.58. The van der Waals surface area contributed by atoms with E-state index in [1.807, 2.05) is 6.07 Å². The monoisotopic (exact) mass is 437 g/mol. The summed E-state index contributed by atoms with van der Waals surface area (Å²) in [6.07, 6.45) is 8.00. The fraction of sp³-hybridized carbons (Fsp3) is 0.615. The summed E-state index contributed by atoms with van der Waals surface area (Å²) < 4.78 is 20.4. The second-order valence-corrected chi connectivity index (χ2v) is 9.91. The van der Waals surface area contributed by atoms with E-state index in [1.54, 1.807) is 12.1 Å². The Bertz CT molecular complexity index is 933. The third-order valence-electron chi connectivity index (χ3n) is 7.89. The van der Waals surface area contributed by atoms with Gasteiger partial charge in [-0.3, -0.25) is 9.69 Å². The molecule has 32 heavy (non-hydrogen) atoms. The summed E-state index contributed by atoms with van der Waals surface area (Å²) in [5.74, 6) is -0.227. The van der Waals surface area contributed by atoms with Gasteiger partial charge in [-0.1, -0.05) is 18.2 Å². The molecule has 4 aliphatic rings. The van der Waals surface area contributed by atoms with Crippen molar-refractivity contribution in [3.63, 3.8) is 0 Å². The van der Waals surface area contributed by atoms with Gasteiger partial charge in [-0.25, -0.2) is 4.39 Å². The minimum absolute atomic E-state index is 0.106. The molecule has 0 aromatic heterocycles. The zero-order chi connectivity index (χ0) is 22.1. The number of hydrogen-bond acceptors (Lipinski definition) is 5. The number of hydrogen-bond donors (Lipinski definition) is 1. The molecule has 170 valence electrons. The maximum atomic E-state index is 14.9. The Labute approximate surface area is 189 Å². The number of carbonyl (C=O) groups is 1. The summed E-state index contributed by atoms with van der Waals surface area (Å²) in [6.45, 7) is 3.51. The molecule has 1 aromatic rings. The number of carbonyl (C=O) groups excluding carboxylic acids is 1. The van der Waals surface area contributed by atoms with Crippen LogP contribution in [-0.4, -0.2) is 55.1 Å². The molecule has 3 fully saturated rings. The second-order valence-electron chi connectivity index (χ2n) is 9.91. The van der Waals surface area contributed by atoms with Crippen molar-refractivity contribution in [2.75, 3.05) is 26.3 Å². The summed E-state index contributed by atoms with van der Waals surface area (Å²) in [4.78, 5) is 15.2. The molecular formula is C26H32FN3O2. The van der Waals surface area contributed by atoms with E-state index in [4.69, 9.17) is 4.74 Å². The van der Waals surface area contributed by atoms with Crippen LogP contribution in [0.4, 0.5) is 4.39 Å². The van der Waals surface area contributed by atoms with Crippen LogP contribution in [0.2, 0.25) is 0 Å². The van der Waals surface area contributed by atoms with E-state index in [1.165, 1.54) is 5.57 Å². The van der Waals surface area contributed by atoms with Gasteiger partial charge in [0, 0.05) is 38.2 Å². The van der Waals surface area contributed by atoms with E-state index in [2.05, 4.69) is 22.4 Å². The predicted octanol–water partition coefficient (Wildman–Crippen LogP) is 3.49. The Morgan fingerprint density at radius 2 is 2.25 bits per heavy atom. The average molecular weight is 438 g/mol. The van der Waals surface area contributed by atoms with Gasteiger partial charge in [-0.2, -0.15) is 5.26 Å². The van der Waals surface area contributed by atoms with Crippen molar-refractivity contribution in [3.8, 4) is 6.07 Å². The molecule has 5 nitrogen and oxygen atoms in total. The molecule has 5 atom stereocenters. The molecule has 3 aliphatic heterocycles. The van der Waals surface area contributed by atoms with Crippen LogP contribution in [0.3, 0.4) is 0 Å². The van der Waals surface area contributed by atoms with Gasteiger partial charge in [-0.15, -0.1) is 0 Å². The van der Waals surface area contributed by atoms with Gasteiger partial charge in [0.25, 0.3) is 0 Å². The van der Waals surface area contributed by atoms with Gasteiger partial charge in [0.15, 0.2) is 5.78 Å². The summed E-state index contributed by atoms with van der Waals surface area (Å²) >= 11 is 0. The quantitative estimate of drug-likeness (QED) is 0.708. The third-order valence-corrected chi connectivity index (χ3v) is 7.89. The first-order valence-electron chi connectivity index (χ1n) is 12.1. The van der Waals surface area contributed by atoms with Crippen molar-refractivity contribution >= 4 is 11.4 Å². The normalized spacial score (nSPS) is 30.8. The highest BCUT2D eigenvalue weighted by molar-refractivity contribution is 5.85. The first-order valence-corrected chi connectivity index (χ1v) is 12.1. The van der Waals surface area contributed by atoms with Crippen LogP contribution in [0.15, 0.2) is 24.3 Å². The molecule has 1 N–H and O–H groups in total. The van der Waals surface area contributed by atoms with Crippen molar-refractivity contribution < 1.29 is 13.9 Å². The Morgan fingerprint density at radius 3 is 2.88 bits per heavy atom. The van der Waals surface area contributed by atoms with Crippen molar-refractivity contribution in [1.82, 2.24) is 10.2 Å². The maximum absolute atomic E-state index is 14.9. The fourth-order valence-electron chi connectivity index (χ4n) is 6.02. The highest BCUT2D eigenvalue weighted by Gasteiger charge is 2.42. The van der Waals surface area contributed by atoms with Crippen LogP contribution in [0.5, 0.6) is 0 Å². The minimum atomic E-state index is -0.486. The van der Waals surface area contributed by atoms with E-state index in [0.717, 1.165) is 64.0 Å². The lowest BCUT2D eigenvalue weighted by atomic mass is 9.88. The molecular weight excluding hydrogens is 405 g/mol. The molecule has 5 rings (SSSR count). The number of nitriles is 1. The Kier molecular flexibility index (Phi) is 6.41. The number of ether oxygens (including phenoxy) is 1. The van der Waals surface area contributed by atoms with Gasteiger partial charge in [0.1, 0.15) is 5.82 Å². The largest absolute Gasteiger partial charge is 0.380 e. The van der Waals surface area contributed by atoms with E-state index in [0.29, 0.717) is 23.6 Å². The Morgan fingerprint density at radius 1 is 1.34 bits per heavy atom. The SMILES string of the molecule is N#C[C@@H](CC(=O)[C@H]1N[C@@H]2CC[C@H]1C2)Cc1ccc(C2=CCN(C3CCOC3)CC2)cc1F.